The Balaban J connectivity index is 4.49. The molecule has 9 nitrogen and oxygen atoms in total. The van der Waals surface area contributed by atoms with Crippen LogP contribution in [0.4, 0.5) is 0 Å². The van der Waals surface area contributed by atoms with Crippen molar-refractivity contribution in [3.05, 3.63) is 12.2 Å². The van der Waals surface area contributed by atoms with Gasteiger partial charge in [-0.3, -0.25) is 14.2 Å². The van der Waals surface area contributed by atoms with Crippen LogP contribution in [0.5, 0.6) is 0 Å². The van der Waals surface area contributed by atoms with Crippen LogP contribution in [-0.2, 0) is 32.7 Å². The highest BCUT2D eigenvalue weighted by Crippen LogP contribution is 2.38. The molecule has 0 aliphatic heterocycles. The molecule has 45 heavy (non-hydrogen) atoms. The first-order valence-electron chi connectivity index (χ1n) is 17.9. The van der Waals surface area contributed by atoms with E-state index >= 15 is 0 Å². The number of rotatable bonds is 32. The number of likely N-dealkylation sites (N-methyl/N-ethyl adjacent to an activating group) is 1. The van der Waals surface area contributed by atoms with Gasteiger partial charge in [0.15, 0.2) is 6.10 Å². The highest BCUT2D eigenvalue weighted by molar-refractivity contribution is 7.45. The van der Waals surface area contributed by atoms with E-state index in [1.807, 2.05) is 21.1 Å². The number of esters is 2. The molecule has 0 rings (SSSR count). The molecule has 0 aromatic rings. The molecule has 0 bridgehead atoms. The highest BCUT2D eigenvalue weighted by Gasteiger charge is 2.21. The molecule has 0 saturated heterocycles. The lowest BCUT2D eigenvalue weighted by molar-refractivity contribution is -0.870. The Morgan fingerprint density at radius 1 is 0.667 bits per heavy atom. The van der Waals surface area contributed by atoms with Crippen molar-refractivity contribution in [2.45, 2.75) is 155 Å². The van der Waals surface area contributed by atoms with E-state index in [4.69, 9.17) is 18.5 Å². The van der Waals surface area contributed by atoms with E-state index in [2.05, 4.69) is 26.0 Å². The van der Waals surface area contributed by atoms with E-state index in [1.54, 1.807) is 0 Å². The molecule has 0 heterocycles. The molecule has 0 aliphatic carbocycles. The number of allylic oxidation sites excluding steroid dienone is 2. The summed E-state index contributed by atoms with van der Waals surface area (Å²) in [7, 11) is 1.16. The van der Waals surface area contributed by atoms with Crippen LogP contribution in [-0.4, -0.2) is 70.0 Å². The van der Waals surface area contributed by atoms with E-state index < -0.39 is 26.5 Å². The van der Waals surface area contributed by atoms with Gasteiger partial charge in [0.2, 0.25) is 0 Å². The lowest BCUT2D eigenvalue weighted by Crippen LogP contribution is -2.37. The van der Waals surface area contributed by atoms with E-state index in [9.17, 15) is 19.0 Å². The van der Waals surface area contributed by atoms with Gasteiger partial charge in [0.05, 0.1) is 27.7 Å². The fraction of sp³-hybridized carbons (Fsp3) is 0.886. The fourth-order valence-electron chi connectivity index (χ4n) is 4.63. The van der Waals surface area contributed by atoms with Gasteiger partial charge in [0, 0.05) is 12.8 Å². The Hall–Kier alpha value is -1.25. The molecule has 0 amide bonds. The van der Waals surface area contributed by atoms with Crippen LogP contribution < -0.4 is 4.89 Å². The summed E-state index contributed by atoms with van der Waals surface area (Å²) in [5.74, 6) is -0.847. The summed E-state index contributed by atoms with van der Waals surface area (Å²) < 4.78 is 33.6. The van der Waals surface area contributed by atoms with Gasteiger partial charge in [-0.15, -0.1) is 0 Å². The van der Waals surface area contributed by atoms with E-state index in [0.717, 1.165) is 57.8 Å². The van der Waals surface area contributed by atoms with Crippen LogP contribution in [0.2, 0.25) is 0 Å². The molecule has 1 unspecified atom stereocenters. The zero-order valence-electron chi connectivity index (χ0n) is 29.6. The maximum Gasteiger partial charge on any atom is 0.306 e. The Bertz CT molecular complexity index is 799. The number of phosphoric ester groups is 1. The zero-order valence-corrected chi connectivity index (χ0v) is 30.5. The minimum Gasteiger partial charge on any atom is -0.756 e. The lowest BCUT2D eigenvalue weighted by atomic mass is 10.1. The maximum atomic E-state index is 12.5. The van der Waals surface area contributed by atoms with Crippen molar-refractivity contribution >= 4 is 19.8 Å². The highest BCUT2D eigenvalue weighted by atomic mass is 31.2. The van der Waals surface area contributed by atoms with Crippen LogP contribution in [0.3, 0.4) is 0 Å². The number of nitrogens with zero attached hydrogens (tertiary/aromatic N) is 1. The summed E-state index contributed by atoms with van der Waals surface area (Å²) in [5, 5.41) is 0. The summed E-state index contributed by atoms with van der Waals surface area (Å²) in [4.78, 5) is 37.1. The molecule has 0 aliphatic rings. The first kappa shape index (κ1) is 43.8. The molecule has 0 N–H and O–H groups in total. The van der Waals surface area contributed by atoms with Gasteiger partial charge >= 0.3 is 11.9 Å². The summed E-state index contributed by atoms with van der Waals surface area (Å²) in [6.07, 6.45) is 25.3. The number of carbonyl (C=O) groups is 2. The van der Waals surface area contributed by atoms with Crippen molar-refractivity contribution in [1.29, 1.82) is 0 Å². The number of unbranched alkanes of at least 4 members (excludes halogenated alkanes) is 16. The van der Waals surface area contributed by atoms with Crippen LogP contribution in [0.1, 0.15) is 149 Å². The number of ether oxygens (including phenoxy) is 2. The normalized spacial score (nSPS) is 14.0. The number of phosphoric acid groups is 1. The average Bonchev–Trinajstić information content (AvgIpc) is 2.97. The van der Waals surface area contributed by atoms with E-state index in [1.165, 1.54) is 57.8 Å². The predicted molar refractivity (Wildman–Crippen MR) is 181 cm³/mol. The molecule has 10 heteroatoms. The molecule has 0 saturated carbocycles. The number of quaternary nitrogens is 1. The van der Waals surface area contributed by atoms with Crippen molar-refractivity contribution in [3.8, 4) is 0 Å². The molecule has 0 radical (unpaired) electrons. The number of carbonyl (C=O) groups excluding carboxylic acids is 2. The Kier molecular flexibility index (Phi) is 28.1. The van der Waals surface area contributed by atoms with Crippen molar-refractivity contribution in [2.24, 2.45) is 0 Å². The standard InChI is InChI=1S/C35H68NO8P/c1-6-8-10-12-14-16-18-20-22-24-26-28-35(38)44-33(32-43-45(39,40)42-30-29-36(3,4)5)31-41-34(37)27-25-23-21-19-17-15-13-11-9-7-2/h12,14,33H,6-11,13,15-32H2,1-5H3/b14-12-/t33-/m1/s1. The summed E-state index contributed by atoms with van der Waals surface area (Å²) in [6.45, 7) is 4.14. The lowest BCUT2D eigenvalue weighted by Gasteiger charge is -2.28. The van der Waals surface area contributed by atoms with E-state index in [0.29, 0.717) is 17.4 Å². The van der Waals surface area contributed by atoms with Gasteiger partial charge < -0.3 is 27.9 Å². The Morgan fingerprint density at radius 2 is 1.16 bits per heavy atom. The zero-order chi connectivity index (χ0) is 33.7. The topological polar surface area (TPSA) is 111 Å². The molecule has 0 aromatic heterocycles. The van der Waals surface area contributed by atoms with Crippen LogP contribution in [0, 0.1) is 0 Å². The summed E-state index contributed by atoms with van der Waals surface area (Å²) in [6, 6.07) is 0. The Morgan fingerprint density at radius 3 is 1.71 bits per heavy atom. The second kappa shape index (κ2) is 28.9. The maximum absolute atomic E-state index is 12.5. The minimum atomic E-state index is -4.61. The minimum absolute atomic E-state index is 0.0300. The van der Waals surface area contributed by atoms with Crippen LogP contribution in [0.25, 0.3) is 0 Å². The van der Waals surface area contributed by atoms with Crippen molar-refractivity contribution in [2.75, 3.05) is 47.5 Å². The summed E-state index contributed by atoms with van der Waals surface area (Å²) in [5.41, 5.74) is 0. The Labute approximate surface area is 276 Å². The fourth-order valence-corrected chi connectivity index (χ4v) is 5.36. The second-order valence-electron chi connectivity index (χ2n) is 13.2. The molecule has 266 valence electrons. The predicted octanol–water partition coefficient (Wildman–Crippen LogP) is 8.44. The van der Waals surface area contributed by atoms with Crippen LogP contribution in [0.15, 0.2) is 12.2 Å². The largest absolute Gasteiger partial charge is 0.756 e. The molecule has 0 spiro atoms. The van der Waals surface area contributed by atoms with Gasteiger partial charge in [-0.1, -0.05) is 116 Å². The first-order chi connectivity index (χ1) is 21.5. The number of hydrogen-bond donors (Lipinski definition) is 0. The van der Waals surface area contributed by atoms with Gasteiger partial charge in [0.25, 0.3) is 7.82 Å². The van der Waals surface area contributed by atoms with Crippen LogP contribution >= 0.6 is 7.82 Å². The third kappa shape index (κ3) is 32.5. The molecule has 0 fully saturated rings. The third-order valence-corrected chi connectivity index (χ3v) is 8.50. The smallest absolute Gasteiger partial charge is 0.306 e. The quantitative estimate of drug-likeness (QED) is 0.0232. The molecular formula is C35H68NO8P. The first-order valence-corrected chi connectivity index (χ1v) is 19.4. The van der Waals surface area contributed by atoms with E-state index in [-0.39, 0.29) is 32.0 Å². The number of hydrogen-bond acceptors (Lipinski definition) is 8. The molecule has 2 atom stereocenters. The average molecular weight is 662 g/mol. The monoisotopic (exact) mass is 661 g/mol. The molecular weight excluding hydrogens is 593 g/mol. The van der Waals surface area contributed by atoms with Gasteiger partial charge in [-0.05, 0) is 32.1 Å². The summed E-state index contributed by atoms with van der Waals surface area (Å²) >= 11 is 0. The van der Waals surface area contributed by atoms with Gasteiger partial charge in [-0.25, -0.2) is 0 Å². The second-order valence-corrected chi connectivity index (χ2v) is 14.6. The van der Waals surface area contributed by atoms with Gasteiger partial charge in [0.1, 0.15) is 19.8 Å². The van der Waals surface area contributed by atoms with Gasteiger partial charge in [-0.2, -0.15) is 0 Å². The SMILES string of the molecule is CCCC/C=C\CCCCCCCC(=O)O[C@H](COC(=O)CCCCCCCCCCCC)COP(=O)([O-])OCC[N+](C)(C)C. The molecule has 0 aromatic carbocycles. The third-order valence-electron chi connectivity index (χ3n) is 7.54. The van der Waals surface area contributed by atoms with Crippen molar-refractivity contribution in [1.82, 2.24) is 0 Å². The van der Waals surface area contributed by atoms with Crippen molar-refractivity contribution < 1.29 is 42.1 Å². The van der Waals surface area contributed by atoms with Crippen molar-refractivity contribution in [3.63, 3.8) is 0 Å².